The largest absolute Gasteiger partial charge is 0.375 e. The van der Waals surface area contributed by atoms with Crippen LogP contribution in [0.15, 0.2) is 48.2 Å². The van der Waals surface area contributed by atoms with Crippen LogP contribution in [0.25, 0.3) is 21.5 Å². The van der Waals surface area contributed by atoms with Crippen LogP contribution in [0.5, 0.6) is 0 Å². The first-order valence-corrected chi connectivity index (χ1v) is 12.0. The van der Waals surface area contributed by atoms with Crippen molar-refractivity contribution in [2.45, 2.75) is 44.8 Å². The number of aromatic nitrogens is 4. The van der Waals surface area contributed by atoms with Crippen LogP contribution in [0.4, 0.5) is 0 Å². The van der Waals surface area contributed by atoms with Gasteiger partial charge in [0.1, 0.15) is 5.69 Å². The maximum Gasteiger partial charge on any atom is 0.270 e. The highest BCUT2D eigenvalue weighted by molar-refractivity contribution is 7.17. The molecule has 1 aliphatic heterocycles. The fourth-order valence-corrected chi connectivity index (χ4v) is 5.21. The summed E-state index contributed by atoms with van der Waals surface area (Å²) in [6, 6.07) is 8.09. The van der Waals surface area contributed by atoms with Gasteiger partial charge in [-0.1, -0.05) is 6.07 Å². The third-order valence-corrected chi connectivity index (χ3v) is 6.95. The maximum absolute atomic E-state index is 13.1. The van der Waals surface area contributed by atoms with Crippen molar-refractivity contribution in [2.75, 3.05) is 6.61 Å². The van der Waals surface area contributed by atoms with E-state index in [0.29, 0.717) is 18.7 Å². The van der Waals surface area contributed by atoms with Gasteiger partial charge in [0.15, 0.2) is 0 Å². The van der Waals surface area contributed by atoms with Gasteiger partial charge in [-0.05, 0) is 61.4 Å². The molecule has 1 saturated heterocycles. The van der Waals surface area contributed by atoms with Crippen molar-refractivity contribution in [1.29, 1.82) is 0 Å². The zero-order chi connectivity index (χ0) is 23.0. The van der Waals surface area contributed by atoms with Gasteiger partial charge < -0.3 is 10.1 Å². The number of aryl methyl sites for hydroxylation is 1. The van der Waals surface area contributed by atoms with Gasteiger partial charge in [0.05, 0.1) is 27.7 Å². The monoisotopic (exact) mass is 461 g/mol. The molecule has 1 fully saturated rings. The number of fused-ring (bicyclic) bond motifs is 1. The molecule has 4 aromatic rings. The van der Waals surface area contributed by atoms with Crippen LogP contribution in [0.2, 0.25) is 0 Å². The van der Waals surface area contributed by atoms with Crippen molar-refractivity contribution in [1.82, 2.24) is 25.1 Å². The van der Waals surface area contributed by atoms with Gasteiger partial charge in [0, 0.05) is 44.1 Å². The molecular weight excluding hydrogens is 434 g/mol. The molecule has 0 aliphatic carbocycles. The fourth-order valence-electron chi connectivity index (χ4n) is 4.36. The molecule has 170 valence electrons. The van der Waals surface area contributed by atoms with E-state index >= 15 is 0 Å². The number of nitrogens with one attached hydrogen (secondary N) is 1. The molecule has 1 atom stereocenters. The molecule has 1 amide bonds. The third kappa shape index (κ3) is 4.82. The topological polar surface area (TPSA) is 81.9 Å². The molecule has 1 N–H and O–H groups in total. The minimum atomic E-state index is -0.221. The molecular formula is C25H27N5O2S. The molecule has 1 aliphatic rings. The average Bonchev–Trinajstić information content (AvgIpc) is 3.42. The number of pyridine rings is 2. The zero-order valence-corrected chi connectivity index (χ0v) is 19.9. The summed E-state index contributed by atoms with van der Waals surface area (Å²) < 4.78 is 8.65. The van der Waals surface area contributed by atoms with Crippen LogP contribution < -0.4 is 5.32 Å². The standard InChI is InChI=1S/C25H27N5O2S/c1-25(2)12-19(6-8-32-25)28-24(31)22-11-17(23-21(29-22)7-9-33-23)10-16-4-5-20(26-13-16)18-14-27-30(3)15-18/h4-5,7,9,11,13-15,19H,6,8,10,12H2,1-3H3,(H,28,31). The SMILES string of the molecule is Cn1cc(-c2ccc(Cc3cc(C(=O)NC4CCOC(C)(C)C4)nc4ccsc34)cn2)cn1. The number of carbonyl (C=O) groups is 1. The second kappa shape index (κ2) is 8.68. The average molecular weight is 462 g/mol. The summed E-state index contributed by atoms with van der Waals surface area (Å²) in [5, 5.41) is 9.40. The van der Waals surface area contributed by atoms with E-state index in [4.69, 9.17) is 4.74 Å². The summed E-state index contributed by atoms with van der Waals surface area (Å²) in [7, 11) is 1.89. The lowest BCUT2D eigenvalue weighted by molar-refractivity contribution is -0.0615. The number of rotatable bonds is 5. The molecule has 1 unspecified atom stereocenters. The van der Waals surface area contributed by atoms with Gasteiger partial charge in [-0.15, -0.1) is 11.3 Å². The normalized spacial score (nSPS) is 17.8. The van der Waals surface area contributed by atoms with Crippen LogP contribution in [-0.4, -0.2) is 43.9 Å². The lowest BCUT2D eigenvalue weighted by Crippen LogP contribution is -2.46. The number of hydrogen-bond acceptors (Lipinski definition) is 6. The molecule has 0 aromatic carbocycles. The molecule has 0 saturated carbocycles. The van der Waals surface area contributed by atoms with E-state index in [1.54, 1.807) is 16.0 Å². The summed E-state index contributed by atoms with van der Waals surface area (Å²) in [6.45, 7) is 4.78. The van der Waals surface area contributed by atoms with Gasteiger partial charge in [-0.3, -0.25) is 14.5 Å². The molecule has 7 nitrogen and oxygen atoms in total. The summed E-state index contributed by atoms with van der Waals surface area (Å²) in [5.74, 6) is -0.128. The van der Waals surface area contributed by atoms with Crippen LogP contribution in [0, 0.1) is 0 Å². The van der Waals surface area contributed by atoms with Crippen LogP contribution >= 0.6 is 11.3 Å². The second-order valence-corrected chi connectivity index (χ2v) is 10.1. The maximum atomic E-state index is 13.1. The molecule has 0 bridgehead atoms. The lowest BCUT2D eigenvalue weighted by atomic mass is 9.94. The fraction of sp³-hybridized carbons (Fsp3) is 0.360. The summed E-state index contributed by atoms with van der Waals surface area (Å²) in [4.78, 5) is 22.3. The first-order chi connectivity index (χ1) is 15.9. The van der Waals surface area contributed by atoms with E-state index in [0.717, 1.165) is 45.4 Å². The van der Waals surface area contributed by atoms with E-state index in [1.165, 1.54) is 0 Å². The van der Waals surface area contributed by atoms with Gasteiger partial charge in [0.25, 0.3) is 5.91 Å². The quantitative estimate of drug-likeness (QED) is 0.477. The molecule has 33 heavy (non-hydrogen) atoms. The highest BCUT2D eigenvalue weighted by atomic mass is 32.1. The predicted molar refractivity (Wildman–Crippen MR) is 129 cm³/mol. The summed E-state index contributed by atoms with van der Waals surface area (Å²) in [5.41, 5.74) is 5.15. The Hall–Kier alpha value is -3.10. The van der Waals surface area contributed by atoms with Crippen molar-refractivity contribution in [2.24, 2.45) is 7.05 Å². The Morgan fingerprint density at radius 1 is 1.30 bits per heavy atom. The first-order valence-electron chi connectivity index (χ1n) is 11.1. The van der Waals surface area contributed by atoms with Crippen LogP contribution in [0.1, 0.15) is 48.3 Å². The Morgan fingerprint density at radius 2 is 2.18 bits per heavy atom. The molecule has 5 heterocycles. The Kier molecular flexibility index (Phi) is 5.72. The van der Waals surface area contributed by atoms with E-state index < -0.39 is 0 Å². The van der Waals surface area contributed by atoms with Gasteiger partial charge >= 0.3 is 0 Å². The van der Waals surface area contributed by atoms with E-state index in [2.05, 4.69) is 40.3 Å². The van der Waals surface area contributed by atoms with Crippen molar-refractivity contribution >= 4 is 27.5 Å². The van der Waals surface area contributed by atoms with Crippen LogP contribution in [0.3, 0.4) is 0 Å². The van der Waals surface area contributed by atoms with Crippen molar-refractivity contribution in [3.05, 3.63) is 65.1 Å². The van der Waals surface area contributed by atoms with Crippen LogP contribution in [-0.2, 0) is 18.2 Å². The summed E-state index contributed by atoms with van der Waals surface area (Å²) >= 11 is 1.65. The van der Waals surface area contributed by atoms with E-state index in [1.807, 2.05) is 49.2 Å². The molecule has 8 heteroatoms. The van der Waals surface area contributed by atoms with Crippen molar-refractivity contribution in [3.63, 3.8) is 0 Å². The highest BCUT2D eigenvalue weighted by Gasteiger charge is 2.30. The smallest absolute Gasteiger partial charge is 0.270 e. The number of ether oxygens (including phenoxy) is 1. The lowest BCUT2D eigenvalue weighted by Gasteiger charge is -2.35. The highest BCUT2D eigenvalue weighted by Crippen LogP contribution is 2.28. The number of carbonyl (C=O) groups excluding carboxylic acids is 1. The molecule has 0 spiro atoms. The number of nitrogens with zero attached hydrogens (tertiary/aromatic N) is 4. The van der Waals surface area contributed by atoms with Gasteiger partial charge in [0.2, 0.25) is 0 Å². The zero-order valence-electron chi connectivity index (χ0n) is 19.0. The molecule has 5 rings (SSSR count). The Bertz CT molecular complexity index is 1290. The Morgan fingerprint density at radius 3 is 2.91 bits per heavy atom. The second-order valence-electron chi connectivity index (χ2n) is 9.20. The third-order valence-electron chi connectivity index (χ3n) is 5.97. The molecule has 0 radical (unpaired) electrons. The molecule has 4 aromatic heterocycles. The minimum absolute atomic E-state index is 0.0916. The predicted octanol–water partition coefficient (Wildman–Crippen LogP) is 4.37. The Labute approximate surface area is 196 Å². The minimum Gasteiger partial charge on any atom is -0.375 e. The van der Waals surface area contributed by atoms with Crippen molar-refractivity contribution < 1.29 is 9.53 Å². The van der Waals surface area contributed by atoms with E-state index in [-0.39, 0.29) is 17.6 Å². The van der Waals surface area contributed by atoms with Crippen molar-refractivity contribution in [3.8, 4) is 11.3 Å². The number of amides is 1. The number of hydrogen-bond donors (Lipinski definition) is 1. The first kappa shape index (κ1) is 21.7. The number of thiophene rings is 1. The Balaban J connectivity index is 1.37. The van der Waals surface area contributed by atoms with Gasteiger partial charge in [-0.2, -0.15) is 5.10 Å². The van der Waals surface area contributed by atoms with Gasteiger partial charge in [-0.25, -0.2) is 4.98 Å². The van der Waals surface area contributed by atoms with E-state index in [9.17, 15) is 4.79 Å². The summed E-state index contributed by atoms with van der Waals surface area (Å²) in [6.07, 6.45) is 7.95.